The standard InChI is InChI=1S/C14H15F2NO2/c15-10-1-2-11(13(16)7-10)12(8-14(18)19)9-3-5-17-6-4-9/h1-2,7-9,17H,3-6H2,(H,18,19)/b12-8+. The fourth-order valence-corrected chi connectivity index (χ4v) is 2.41. The fraction of sp³-hybridized carbons (Fsp3) is 0.357. The van der Waals surface area contributed by atoms with E-state index < -0.39 is 17.6 Å². The predicted octanol–water partition coefficient (Wildman–Crippen LogP) is 2.43. The van der Waals surface area contributed by atoms with Crippen LogP contribution in [-0.2, 0) is 4.79 Å². The Labute approximate surface area is 109 Å². The van der Waals surface area contributed by atoms with E-state index in [2.05, 4.69) is 5.32 Å². The minimum absolute atomic E-state index is 0.0164. The molecule has 2 N–H and O–H groups in total. The van der Waals surface area contributed by atoms with Crippen molar-refractivity contribution in [3.8, 4) is 0 Å². The summed E-state index contributed by atoms with van der Waals surface area (Å²) in [5.41, 5.74) is 0.613. The number of allylic oxidation sites excluding steroid dienone is 1. The molecule has 0 amide bonds. The van der Waals surface area contributed by atoms with Crippen LogP contribution < -0.4 is 5.32 Å². The van der Waals surface area contributed by atoms with Crippen LogP contribution in [0.15, 0.2) is 24.3 Å². The summed E-state index contributed by atoms with van der Waals surface area (Å²) in [4.78, 5) is 10.9. The van der Waals surface area contributed by atoms with Crippen LogP contribution in [0.25, 0.3) is 5.57 Å². The molecule has 19 heavy (non-hydrogen) atoms. The van der Waals surface area contributed by atoms with Crippen molar-refractivity contribution in [2.45, 2.75) is 12.8 Å². The van der Waals surface area contributed by atoms with Gasteiger partial charge in [0.05, 0.1) is 0 Å². The molecule has 2 rings (SSSR count). The van der Waals surface area contributed by atoms with Gasteiger partial charge < -0.3 is 10.4 Å². The molecular weight excluding hydrogens is 252 g/mol. The number of carboxylic acid groups (broad SMARTS) is 1. The van der Waals surface area contributed by atoms with Crippen molar-refractivity contribution < 1.29 is 18.7 Å². The largest absolute Gasteiger partial charge is 0.478 e. The lowest BCUT2D eigenvalue weighted by Gasteiger charge is -2.25. The number of aliphatic carboxylic acids is 1. The van der Waals surface area contributed by atoms with Crippen LogP contribution >= 0.6 is 0 Å². The van der Waals surface area contributed by atoms with E-state index in [9.17, 15) is 13.6 Å². The number of piperidine rings is 1. The normalized spacial score (nSPS) is 17.5. The van der Waals surface area contributed by atoms with E-state index in [1.165, 1.54) is 6.07 Å². The Balaban J connectivity index is 2.39. The van der Waals surface area contributed by atoms with Gasteiger partial charge in [-0.1, -0.05) is 0 Å². The van der Waals surface area contributed by atoms with Crippen LogP contribution in [0.1, 0.15) is 18.4 Å². The minimum Gasteiger partial charge on any atom is -0.478 e. The van der Waals surface area contributed by atoms with E-state index in [1.54, 1.807) is 0 Å². The van der Waals surface area contributed by atoms with Crippen molar-refractivity contribution in [3.63, 3.8) is 0 Å². The second-order valence-electron chi connectivity index (χ2n) is 4.59. The van der Waals surface area contributed by atoms with Gasteiger partial charge in [-0.2, -0.15) is 0 Å². The van der Waals surface area contributed by atoms with Gasteiger partial charge >= 0.3 is 5.97 Å². The molecular formula is C14H15F2NO2. The van der Waals surface area contributed by atoms with E-state index in [4.69, 9.17) is 5.11 Å². The van der Waals surface area contributed by atoms with Gasteiger partial charge in [-0.15, -0.1) is 0 Å². The van der Waals surface area contributed by atoms with Crippen molar-refractivity contribution in [1.82, 2.24) is 5.32 Å². The van der Waals surface area contributed by atoms with Crippen LogP contribution in [0, 0.1) is 17.6 Å². The minimum atomic E-state index is -1.11. The van der Waals surface area contributed by atoms with E-state index in [0.29, 0.717) is 5.57 Å². The van der Waals surface area contributed by atoms with Crippen molar-refractivity contribution in [1.29, 1.82) is 0 Å². The molecule has 1 aliphatic heterocycles. The van der Waals surface area contributed by atoms with Crippen LogP contribution in [0.5, 0.6) is 0 Å². The quantitative estimate of drug-likeness (QED) is 0.827. The van der Waals surface area contributed by atoms with Gasteiger partial charge in [0.15, 0.2) is 0 Å². The van der Waals surface area contributed by atoms with Crippen molar-refractivity contribution in [2.24, 2.45) is 5.92 Å². The molecule has 1 fully saturated rings. The van der Waals surface area contributed by atoms with E-state index in [1.807, 2.05) is 0 Å². The second-order valence-corrected chi connectivity index (χ2v) is 4.59. The Morgan fingerprint density at radius 2 is 2.00 bits per heavy atom. The van der Waals surface area contributed by atoms with Crippen LogP contribution in [0.3, 0.4) is 0 Å². The highest BCUT2D eigenvalue weighted by molar-refractivity contribution is 5.90. The molecule has 1 saturated heterocycles. The van der Waals surface area contributed by atoms with Crippen LogP contribution in [0.4, 0.5) is 8.78 Å². The molecule has 102 valence electrons. The van der Waals surface area contributed by atoms with Crippen LogP contribution in [0.2, 0.25) is 0 Å². The average molecular weight is 267 g/mol. The third-order valence-corrected chi connectivity index (χ3v) is 3.30. The lowest BCUT2D eigenvalue weighted by atomic mass is 9.85. The SMILES string of the molecule is O=C(O)/C=C(/c1ccc(F)cc1F)C1CCNCC1. The number of hydrogen-bond acceptors (Lipinski definition) is 2. The van der Waals surface area contributed by atoms with E-state index in [-0.39, 0.29) is 11.5 Å². The summed E-state index contributed by atoms with van der Waals surface area (Å²) in [5.74, 6) is -2.51. The lowest BCUT2D eigenvalue weighted by Crippen LogP contribution is -2.28. The summed E-state index contributed by atoms with van der Waals surface area (Å²) in [6.45, 7) is 1.54. The maximum absolute atomic E-state index is 13.8. The van der Waals surface area contributed by atoms with Crippen molar-refractivity contribution >= 4 is 11.5 Å². The Bertz CT molecular complexity index is 508. The zero-order valence-corrected chi connectivity index (χ0v) is 10.3. The first-order chi connectivity index (χ1) is 9.08. The van der Waals surface area contributed by atoms with Gasteiger partial charge in [-0.3, -0.25) is 0 Å². The summed E-state index contributed by atoms with van der Waals surface area (Å²) in [6.07, 6.45) is 2.53. The maximum atomic E-state index is 13.8. The summed E-state index contributed by atoms with van der Waals surface area (Å²) in [6, 6.07) is 3.24. The van der Waals surface area contributed by atoms with Gasteiger partial charge in [-0.25, -0.2) is 13.6 Å². The first-order valence-electron chi connectivity index (χ1n) is 6.18. The second kappa shape index (κ2) is 5.93. The van der Waals surface area contributed by atoms with E-state index >= 15 is 0 Å². The highest BCUT2D eigenvalue weighted by Crippen LogP contribution is 2.31. The average Bonchev–Trinajstić information content (AvgIpc) is 2.37. The number of carbonyl (C=O) groups is 1. The Kier molecular flexibility index (Phi) is 4.27. The number of benzene rings is 1. The van der Waals surface area contributed by atoms with Gasteiger partial charge in [0, 0.05) is 17.7 Å². The molecule has 1 aromatic rings. The Morgan fingerprint density at radius 3 is 2.58 bits per heavy atom. The number of rotatable bonds is 3. The summed E-state index contributed by atoms with van der Waals surface area (Å²) < 4.78 is 26.7. The topological polar surface area (TPSA) is 49.3 Å². The highest BCUT2D eigenvalue weighted by atomic mass is 19.1. The third kappa shape index (κ3) is 3.38. The van der Waals surface area contributed by atoms with Crippen molar-refractivity contribution in [3.05, 3.63) is 41.5 Å². The fourth-order valence-electron chi connectivity index (χ4n) is 2.41. The lowest BCUT2D eigenvalue weighted by molar-refractivity contribution is -0.131. The maximum Gasteiger partial charge on any atom is 0.328 e. The van der Waals surface area contributed by atoms with Gasteiger partial charge in [-0.05, 0) is 49.6 Å². The Hall–Kier alpha value is -1.75. The molecule has 0 aliphatic carbocycles. The summed E-state index contributed by atoms with van der Waals surface area (Å²) >= 11 is 0. The number of hydrogen-bond donors (Lipinski definition) is 2. The van der Waals surface area contributed by atoms with Gasteiger partial charge in [0.1, 0.15) is 11.6 Å². The first kappa shape index (κ1) is 13.7. The molecule has 0 aromatic heterocycles. The molecule has 1 aliphatic rings. The monoisotopic (exact) mass is 267 g/mol. The number of nitrogens with one attached hydrogen (secondary N) is 1. The first-order valence-corrected chi connectivity index (χ1v) is 6.18. The zero-order chi connectivity index (χ0) is 13.8. The molecule has 0 radical (unpaired) electrons. The van der Waals surface area contributed by atoms with E-state index in [0.717, 1.165) is 44.1 Å². The molecule has 1 aromatic carbocycles. The summed E-state index contributed by atoms with van der Waals surface area (Å²) in [7, 11) is 0. The molecule has 0 spiro atoms. The molecule has 0 saturated carbocycles. The molecule has 0 bridgehead atoms. The van der Waals surface area contributed by atoms with Crippen LogP contribution in [-0.4, -0.2) is 24.2 Å². The number of halogens is 2. The molecule has 0 atom stereocenters. The zero-order valence-electron chi connectivity index (χ0n) is 10.3. The number of carboxylic acids is 1. The van der Waals surface area contributed by atoms with Gasteiger partial charge in [0.2, 0.25) is 0 Å². The highest BCUT2D eigenvalue weighted by Gasteiger charge is 2.22. The molecule has 0 unspecified atom stereocenters. The van der Waals surface area contributed by atoms with Crippen molar-refractivity contribution in [2.75, 3.05) is 13.1 Å². The molecule has 1 heterocycles. The molecule has 5 heteroatoms. The third-order valence-electron chi connectivity index (χ3n) is 3.30. The Morgan fingerprint density at radius 1 is 1.32 bits per heavy atom. The predicted molar refractivity (Wildman–Crippen MR) is 67.6 cm³/mol. The van der Waals surface area contributed by atoms with Gasteiger partial charge in [0.25, 0.3) is 0 Å². The molecule has 3 nitrogen and oxygen atoms in total. The summed E-state index contributed by atoms with van der Waals surface area (Å²) in [5, 5.41) is 12.1. The smallest absolute Gasteiger partial charge is 0.328 e.